The normalized spacial score (nSPS) is 13.2. The first-order chi connectivity index (χ1) is 29.6. The molecular weight excluding hydrogens is 739 g/mol. The van der Waals surface area contributed by atoms with E-state index in [4.69, 9.17) is 0 Å². The summed E-state index contributed by atoms with van der Waals surface area (Å²) >= 11 is 0. The largest absolute Gasteiger partial charge is 0.394 e. The summed E-state index contributed by atoms with van der Waals surface area (Å²) in [6.07, 6.45) is 61.4. The van der Waals surface area contributed by atoms with Gasteiger partial charge in [-0.05, 0) is 12.8 Å². The van der Waals surface area contributed by atoms with E-state index in [1.807, 2.05) is 0 Å². The fourth-order valence-corrected chi connectivity index (χ4v) is 9.14. The monoisotopic (exact) mass is 850 g/mol. The van der Waals surface area contributed by atoms with Crippen LogP contribution in [-0.2, 0) is 4.79 Å². The van der Waals surface area contributed by atoms with Gasteiger partial charge < -0.3 is 20.6 Å². The summed E-state index contributed by atoms with van der Waals surface area (Å²) in [7, 11) is 0. The zero-order chi connectivity index (χ0) is 43.7. The number of nitrogens with one attached hydrogen (secondary N) is 1. The van der Waals surface area contributed by atoms with Crippen molar-refractivity contribution in [2.75, 3.05) is 6.61 Å². The van der Waals surface area contributed by atoms with Gasteiger partial charge in [0.25, 0.3) is 0 Å². The van der Waals surface area contributed by atoms with Crippen LogP contribution >= 0.6 is 0 Å². The fraction of sp³-hybridized carbons (Fsp3) is 0.982. The molecule has 0 rings (SSSR count). The smallest absolute Gasteiger partial charge is 0.249 e. The number of amides is 1. The van der Waals surface area contributed by atoms with Gasteiger partial charge in [0.2, 0.25) is 5.91 Å². The van der Waals surface area contributed by atoms with Crippen LogP contribution in [0.4, 0.5) is 0 Å². The second-order valence-corrected chi connectivity index (χ2v) is 19.5. The molecule has 0 heterocycles. The first-order valence-corrected chi connectivity index (χ1v) is 27.8. The summed E-state index contributed by atoms with van der Waals surface area (Å²) in [4.78, 5) is 12.6. The van der Waals surface area contributed by atoms with E-state index < -0.39 is 24.2 Å². The molecule has 0 radical (unpaired) electrons. The van der Waals surface area contributed by atoms with Crippen LogP contribution in [-0.4, -0.2) is 46.1 Å². The Labute approximate surface area is 377 Å². The molecule has 0 bridgehead atoms. The third-order valence-corrected chi connectivity index (χ3v) is 13.5. The van der Waals surface area contributed by atoms with Gasteiger partial charge in [-0.25, -0.2) is 0 Å². The number of aliphatic hydroxyl groups is 3. The van der Waals surface area contributed by atoms with Gasteiger partial charge in [0.05, 0.1) is 18.8 Å². The zero-order valence-electron chi connectivity index (χ0n) is 41.1. The second kappa shape index (κ2) is 51.0. The summed E-state index contributed by atoms with van der Waals surface area (Å²) in [6.45, 7) is 4.28. The highest BCUT2D eigenvalue weighted by atomic mass is 16.3. The van der Waals surface area contributed by atoms with Crippen molar-refractivity contribution in [1.29, 1.82) is 0 Å². The maximum Gasteiger partial charge on any atom is 0.249 e. The Morgan fingerprint density at radius 1 is 0.333 bits per heavy atom. The van der Waals surface area contributed by atoms with Crippen molar-refractivity contribution >= 4 is 5.91 Å². The predicted molar refractivity (Wildman–Crippen MR) is 264 cm³/mol. The van der Waals surface area contributed by atoms with Crippen LogP contribution in [0.5, 0.6) is 0 Å². The van der Waals surface area contributed by atoms with Crippen LogP contribution in [0.1, 0.15) is 322 Å². The topological polar surface area (TPSA) is 89.8 Å². The van der Waals surface area contributed by atoms with Gasteiger partial charge in [0.1, 0.15) is 6.10 Å². The van der Waals surface area contributed by atoms with Crippen molar-refractivity contribution in [3.05, 3.63) is 0 Å². The molecule has 0 fully saturated rings. The third-order valence-electron chi connectivity index (χ3n) is 13.5. The lowest BCUT2D eigenvalue weighted by molar-refractivity contribution is -0.131. The number of carbonyl (C=O) groups is 1. The van der Waals surface area contributed by atoms with Crippen molar-refractivity contribution in [2.24, 2.45) is 0 Å². The van der Waals surface area contributed by atoms with Gasteiger partial charge in [-0.15, -0.1) is 0 Å². The van der Waals surface area contributed by atoms with Gasteiger partial charge in [-0.1, -0.05) is 309 Å². The molecule has 0 saturated heterocycles. The maximum atomic E-state index is 12.6. The van der Waals surface area contributed by atoms with E-state index in [9.17, 15) is 20.1 Å². The molecule has 5 nitrogen and oxygen atoms in total. The van der Waals surface area contributed by atoms with E-state index in [0.717, 1.165) is 32.1 Å². The Kier molecular flexibility index (Phi) is 50.4. The van der Waals surface area contributed by atoms with Crippen molar-refractivity contribution in [3.8, 4) is 0 Å². The van der Waals surface area contributed by atoms with Crippen LogP contribution in [0, 0.1) is 0 Å². The fourth-order valence-electron chi connectivity index (χ4n) is 9.14. The van der Waals surface area contributed by atoms with E-state index in [1.165, 1.54) is 263 Å². The highest BCUT2D eigenvalue weighted by Gasteiger charge is 2.23. The van der Waals surface area contributed by atoms with E-state index in [0.29, 0.717) is 12.8 Å². The van der Waals surface area contributed by atoms with Crippen LogP contribution < -0.4 is 5.32 Å². The van der Waals surface area contributed by atoms with Crippen molar-refractivity contribution in [3.63, 3.8) is 0 Å². The molecule has 360 valence electrons. The first kappa shape index (κ1) is 59.4. The average Bonchev–Trinajstić information content (AvgIpc) is 3.25. The molecular formula is C55H111NO4. The lowest BCUT2D eigenvalue weighted by Gasteiger charge is -2.23. The van der Waals surface area contributed by atoms with Gasteiger partial charge in [0, 0.05) is 0 Å². The standard InChI is InChI=1S/C55H111NO4/c1-3-5-7-9-11-13-15-17-19-21-23-25-26-27-28-30-32-34-36-38-40-42-44-46-48-50-54(59)55(60)56-52(51-57)53(58)49-47-45-43-41-39-37-35-33-31-29-24-22-20-18-16-14-12-10-8-6-4-2/h52-54,57-59H,3-51H2,1-2H3,(H,56,60). The van der Waals surface area contributed by atoms with Crippen molar-refractivity contribution in [1.82, 2.24) is 5.32 Å². The van der Waals surface area contributed by atoms with E-state index >= 15 is 0 Å². The molecule has 0 saturated carbocycles. The van der Waals surface area contributed by atoms with Gasteiger partial charge >= 0.3 is 0 Å². The third kappa shape index (κ3) is 45.4. The van der Waals surface area contributed by atoms with E-state index in [2.05, 4.69) is 19.2 Å². The maximum absolute atomic E-state index is 12.6. The summed E-state index contributed by atoms with van der Waals surface area (Å²) < 4.78 is 0. The first-order valence-electron chi connectivity index (χ1n) is 27.8. The van der Waals surface area contributed by atoms with E-state index in [-0.39, 0.29) is 6.61 Å². The van der Waals surface area contributed by atoms with Gasteiger partial charge in [-0.2, -0.15) is 0 Å². The Balaban J connectivity index is 3.49. The lowest BCUT2D eigenvalue weighted by Crippen LogP contribution is -2.49. The molecule has 60 heavy (non-hydrogen) atoms. The summed E-state index contributed by atoms with van der Waals surface area (Å²) in [5.74, 6) is -0.462. The SMILES string of the molecule is CCCCCCCCCCCCCCCCCCCCCCCCCCCC(O)C(=O)NC(CO)C(O)CCCCCCCCCCCCCCCCCCCCCCC. The molecule has 0 aromatic rings. The summed E-state index contributed by atoms with van der Waals surface area (Å²) in [6, 6.07) is -0.707. The molecule has 0 aromatic heterocycles. The van der Waals surface area contributed by atoms with Crippen LogP contribution in [0.25, 0.3) is 0 Å². The summed E-state index contributed by atoms with van der Waals surface area (Å²) in [5, 5.41) is 33.6. The quantitative estimate of drug-likeness (QED) is 0.0459. The van der Waals surface area contributed by atoms with Gasteiger partial charge in [-0.3, -0.25) is 4.79 Å². The molecule has 0 spiro atoms. The predicted octanol–water partition coefficient (Wildman–Crippen LogP) is 16.9. The Morgan fingerprint density at radius 3 is 0.750 bits per heavy atom. The molecule has 1 amide bonds. The highest BCUT2D eigenvalue weighted by molar-refractivity contribution is 5.80. The van der Waals surface area contributed by atoms with Crippen molar-refractivity contribution in [2.45, 2.75) is 340 Å². The minimum absolute atomic E-state index is 0.307. The van der Waals surface area contributed by atoms with E-state index in [1.54, 1.807) is 0 Å². The number of hydrogen-bond acceptors (Lipinski definition) is 4. The van der Waals surface area contributed by atoms with Gasteiger partial charge in [0.15, 0.2) is 0 Å². The number of carbonyl (C=O) groups excluding carboxylic acids is 1. The lowest BCUT2D eigenvalue weighted by atomic mass is 10.0. The molecule has 3 atom stereocenters. The van der Waals surface area contributed by atoms with Crippen molar-refractivity contribution < 1.29 is 20.1 Å². The molecule has 0 aliphatic carbocycles. The number of aliphatic hydroxyl groups excluding tert-OH is 3. The molecule has 0 aliphatic heterocycles. The Morgan fingerprint density at radius 2 is 0.533 bits per heavy atom. The molecule has 4 N–H and O–H groups in total. The molecule has 3 unspecified atom stereocenters. The van der Waals surface area contributed by atoms with Crippen LogP contribution in [0.3, 0.4) is 0 Å². The Hall–Kier alpha value is -0.650. The summed E-state index contributed by atoms with van der Waals surface area (Å²) in [5.41, 5.74) is 0. The highest BCUT2D eigenvalue weighted by Crippen LogP contribution is 2.18. The Bertz CT molecular complexity index is 807. The molecule has 5 heteroatoms. The zero-order valence-corrected chi connectivity index (χ0v) is 41.1. The molecule has 0 aromatic carbocycles. The minimum atomic E-state index is -1.07. The number of rotatable bonds is 52. The van der Waals surface area contributed by atoms with Crippen LogP contribution in [0.15, 0.2) is 0 Å². The minimum Gasteiger partial charge on any atom is -0.394 e. The molecule has 0 aliphatic rings. The number of hydrogen-bond donors (Lipinski definition) is 4. The second-order valence-electron chi connectivity index (χ2n) is 19.5. The number of unbranched alkanes of at least 4 members (excludes halogenated alkanes) is 44. The average molecular weight is 850 g/mol. The van der Waals surface area contributed by atoms with Crippen LogP contribution in [0.2, 0.25) is 0 Å².